The number of thioether (sulfide) groups is 1. The third-order valence-corrected chi connectivity index (χ3v) is 4.51. The SMILES string of the molecule is O=C(O)c1cc(N/N=C\c2ccc(SCCO)c([N+](=O)[O-])c2)ccc1Cl. The van der Waals surface area contributed by atoms with Crippen LogP contribution >= 0.6 is 23.4 Å². The van der Waals surface area contributed by atoms with Gasteiger partial charge in [-0.25, -0.2) is 4.79 Å². The van der Waals surface area contributed by atoms with Gasteiger partial charge in [0.1, 0.15) is 0 Å². The number of hydrogen-bond acceptors (Lipinski definition) is 7. The topological polar surface area (TPSA) is 125 Å². The molecular formula is C16H14ClN3O5S. The quantitative estimate of drug-likeness (QED) is 0.270. The number of nitrogens with zero attached hydrogens (tertiary/aromatic N) is 2. The molecule has 0 saturated heterocycles. The van der Waals surface area contributed by atoms with Crippen LogP contribution in [-0.2, 0) is 0 Å². The highest BCUT2D eigenvalue weighted by Crippen LogP contribution is 2.29. The van der Waals surface area contributed by atoms with E-state index in [1.54, 1.807) is 18.2 Å². The minimum absolute atomic E-state index is 0.0623. The minimum Gasteiger partial charge on any atom is -0.478 e. The Hall–Kier alpha value is -2.62. The van der Waals surface area contributed by atoms with Crippen molar-refractivity contribution in [1.82, 2.24) is 0 Å². The largest absolute Gasteiger partial charge is 0.478 e. The van der Waals surface area contributed by atoms with Gasteiger partial charge in [0.05, 0.1) is 38.9 Å². The molecule has 136 valence electrons. The van der Waals surface area contributed by atoms with Gasteiger partial charge in [0, 0.05) is 17.4 Å². The first-order valence-corrected chi connectivity index (χ1v) is 8.62. The lowest BCUT2D eigenvalue weighted by Crippen LogP contribution is -1.99. The Kier molecular flexibility index (Phi) is 6.96. The number of aromatic carboxylic acids is 1. The molecular weight excluding hydrogens is 382 g/mol. The van der Waals surface area contributed by atoms with Crippen molar-refractivity contribution in [1.29, 1.82) is 0 Å². The molecule has 0 heterocycles. The van der Waals surface area contributed by atoms with Gasteiger partial charge < -0.3 is 10.2 Å². The van der Waals surface area contributed by atoms with E-state index in [-0.39, 0.29) is 22.9 Å². The fraction of sp³-hybridized carbons (Fsp3) is 0.125. The summed E-state index contributed by atoms with van der Waals surface area (Å²) >= 11 is 6.98. The van der Waals surface area contributed by atoms with E-state index >= 15 is 0 Å². The zero-order valence-electron chi connectivity index (χ0n) is 13.3. The van der Waals surface area contributed by atoms with Crippen LogP contribution in [0.15, 0.2) is 46.4 Å². The van der Waals surface area contributed by atoms with Gasteiger partial charge in [-0.3, -0.25) is 15.5 Å². The predicted octanol–water partition coefficient (Wildman–Crippen LogP) is 3.48. The summed E-state index contributed by atoms with van der Waals surface area (Å²) < 4.78 is 0. The number of hydrogen-bond donors (Lipinski definition) is 3. The number of hydrazone groups is 1. The highest BCUT2D eigenvalue weighted by Gasteiger charge is 2.14. The van der Waals surface area contributed by atoms with Gasteiger partial charge in [0.15, 0.2) is 0 Å². The maximum Gasteiger partial charge on any atom is 0.337 e. The van der Waals surface area contributed by atoms with Gasteiger partial charge in [0.2, 0.25) is 0 Å². The van der Waals surface area contributed by atoms with Crippen LogP contribution in [0.3, 0.4) is 0 Å². The van der Waals surface area contributed by atoms with Crippen LogP contribution in [0.25, 0.3) is 0 Å². The number of benzene rings is 2. The second-order valence-corrected chi connectivity index (χ2v) is 6.47. The second kappa shape index (κ2) is 9.18. The summed E-state index contributed by atoms with van der Waals surface area (Å²) in [5.41, 5.74) is 3.41. The molecule has 0 aliphatic heterocycles. The number of halogens is 1. The Bertz CT molecular complexity index is 860. The Morgan fingerprint density at radius 2 is 2.12 bits per heavy atom. The van der Waals surface area contributed by atoms with Gasteiger partial charge in [-0.05, 0) is 24.3 Å². The number of carbonyl (C=O) groups is 1. The van der Waals surface area contributed by atoms with E-state index in [1.165, 1.54) is 36.2 Å². The van der Waals surface area contributed by atoms with E-state index in [0.29, 0.717) is 21.9 Å². The summed E-state index contributed by atoms with van der Waals surface area (Å²) in [4.78, 5) is 22.2. The van der Waals surface area contributed by atoms with Crippen molar-refractivity contribution in [2.75, 3.05) is 17.8 Å². The van der Waals surface area contributed by atoms with E-state index in [4.69, 9.17) is 21.8 Å². The molecule has 3 N–H and O–H groups in total. The average Bonchev–Trinajstić information content (AvgIpc) is 2.61. The summed E-state index contributed by atoms with van der Waals surface area (Å²) in [5.74, 6) is -0.799. The Labute approximate surface area is 157 Å². The molecule has 26 heavy (non-hydrogen) atoms. The number of anilines is 1. The maximum atomic E-state index is 11.2. The van der Waals surface area contributed by atoms with Crippen molar-refractivity contribution in [3.05, 3.63) is 62.7 Å². The molecule has 8 nitrogen and oxygen atoms in total. The molecule has 0 amide bonds. The third-order valence-electron chi connectivity index (χ3n) is 3.13. The van der Waals surface area contributed by atoms with Crippen molar-refractivity contribution in [3.63, 3.8) is 0 Å². The van der Waals surface area contributed by atoms with Crippen molar-refractivity contribution >= 4 is 46.9 Å². The van der Waals surface area contributed by atoms with Crippen LogP contribution in [0.5, 0.6) is 0 Å². The van der Waals surface area contributed by atoms with Gasteiger partial charge >= 0.3 is 5.97 Å². The molecule has 0 spiro atoms. The lowest BCUT2D eigenvalue weighted by atomic mass is 10.2. The van der Waals surface area contributed by atoms with Crippen LogP contribution in [0.4, 0.5) is 11.4 Å². The number of aliphatic hydroxyl groups is 1. The molecule has 0 aromatic heterocycles. The predicted molar refractivity (Wildman–Crippen MR) is 101 cm³/mol. The molecule has 0 aliphatic rings. The fourth-order valence-corrected chi connectivity index (χ4v) is 2.93. The number of aliphatic hydroxyl groups excluding tert-OH is 1. The Balaban J connectivity index is 2.15. The van der Waals surface area contributed by atoms with Gasteiger partial charge in [-0.1, -0.05) is 17.7 Å². The molecule has 2 aromatic rings. The highest BCUT2D eigenvalue weighted by atomic mass is 35.5. The summed E-state index contributed by atoms with van der Waals surface area (Å²) in [5, 5.41) is 33.1. The zero-order chi connectivity index (χ0) is 19.1. The number of carboxylic acids is 1. The van der Waals surface area contributed by atoms with E-state index in [0.717, 1.165) is 0 Å². The summed E-state index contributed by atoms with van der Waals surface area (Å²) in [6.45, 7) is -0.0750. The molecule has 0 atom stereocenters. The monoisotopic (exact) mass is 395 g/mol. The van der Waals surface area contributed by atoms with Gasteiger partial charge in [-0.2, -0.15) is 5.10 Å². The number of carboxylic acid groups (broad SMARTS) is 1. The number of nitrogens with one attached hydrogen (secondary N) is 1. The standard InChI is InChI=1S/C16H14ClN3O5S/c17-13-3-2-11(8-12(13)16(22)23)19-18-9-10-1-4-15(26-6-5-21)14(7-10)20(24)25/h1-4,7-9,19,21H,5-6H2,(H,22,23)/b18-9-. The highest BCUT2D eigenvalue weighted by molar-refractivity contribution is 7.99. The molecule has 0 aliphatic carbocycles. The molecule has 10 heteroatoms. The lowest BCUT2D eigenvalue weighted by Gasteiger charge is -2.04. The fourth-order valence-electron chi connectivity index (χ4n) is 1.98. The van der Waals surface area contributed by atoms with Crippen LogP contribution in [0, 0.1) is 10.1 Å². The lowest BCUT2D eigenvalue weighted by molar-refractivity contribution is -0.387. The van der Waals surface area contributed by atoms with Crippen molar-refractivity contribution in [2.24, 2.45) is 5.10 Å². The molecule has 0 fully saturated rings. The van der Waals surface area contributed by atoms with E-state index in [1.807, 2.05) is 0 Å². The Morgan fingerprint density at radius 1 is 1.35 bits per heavy atom. The molecule has 0 saturated carbocycles. The summed E-state index contributed by atoms with van der Waals surface area (Å²) in [6.07, 6.45) is 1.38. The zero-order valence-corrected chi connectivity index (χ0v) is 14.8. The first kappa shape index (κ1) is 19.7. The third kappa shape index (κ3) is 5.19. The molecule has 0 bridgehead atoms. The van der Waals surface area contributed by atoms with Crippen molar-refractivity contribution in [2.45, 2.75) is 4.90 Å². The first-order valence-electron chi connectivity index (χ1n) is 7.26. The maximum absolute atomic E-state index is 11.2. The molecule has 2 aromatic carbocycles. The molecule has 0 radical (unpaired) electrons. The smallest absolute Gasteiger partial charge is 0.337 e. The van der Waals surface area contributed by atoms with Crippen molar-refractivity contribution < 1.29 is 19.9 Å². The normalized spacial score (nSPS) is 10.8. The van der Waals surface area contributed by atoms with E-state index in [9.17, 15) is 14.9 Å². The Morgan fingerprint density at radius 3 is 2.77 bits per heavy atom. The van der Waals surface area contributed by atoms with E-state index < -0.39 is 10.9 Å². The first-order chi connectivity index (χ1) is 12.4. The summed E-state index contributed by atoms with van der Waals surface area (Å²) in [7, 11) is 0. The van der Waals surface area contributed by atoms with E-state index in [2.05, 4.69) is 10.5 Å². The van der Waals surface area contributed by atoms with Crippen molar-refractivity contribution in [3.8, 4) is 0 Å². The molecule has 2 rings (SSSR count). The van der Waals surface area contributed by atoms with Crippen LogP contribution in [-0.4, -0.2) is 39.7 Å². The van der Waals surface area contributed by atoms with Crippen LogP contribution < -0.4 is 5.43 Å². The van der Waals surface area contributed by atoms with Gasteiger partial charge in [0.25, 0.3) is 5.69 Å². The number of rotatable bonds is 8. The minimum atomic E-state index is -1.16. The molecule has 0 unspecified atom stereocenters. The number of nitro benzene ring substituents is 1. The number of nitro groups is 1. The van der Waals surface area contributed by atoms with Crippen LogP contribution in [0.2, 0.25) is 5.02 Å². The average molecular weight is 396 g/mol. The second-order valence-electron chi connectivity index (χ2n) is 4.93. The van der Waals surface area contributed by atoms with Gasteiger partial charge in [-0.15, -0.1) is 11.8 Å². The summed E-state index contributed by atoms with van der Waals surface area (Å²) in [6, 6.07) is 8.94. The van der Waals surface area contributed by atoms with Crippen LogP contribution in [0.1, 0.15) is 15.9 Å².